The molecule has 5 heteroatoms. The lowest BCUT2D eigenvalue weighted by Gasteiger charge is -2.22. The number of nitrogens with one attached hydrogen (secondary N) is 1. The third kappa shape index (κ3) is 6.87. The Labute approximate surface area is 118 Å². The third-order valence-corrected chi connectivity index (χ3v) is 2.69. The SMILES string of the molecule is CC(C)(C)OCC(O)CNCc1ccc(F)c(Cl)c1. The van der Waals surface area contributed by atoms with Crippen molar-refractivity contribution in [3.05, 3.63) is 34.6 Å². The zero-order valence-corrected chi connectivity index (χ0v) is 12.3. The van der Waals surface area contributed by atoms with Crippen LogP contribution in [0.4, 0.5) is 4.39 Å². The molecule has 0 radical (unpaired) electrons. The van der Waals surface area contributed by atoms with Crippen LogP contribution in [0.1, 0.15) is 26.3 Å². The minimum absolute atomic E-state index is 0.107. The van der Waals surface area contributed by atoms with Gasteiger partial charge in [0.25, 0.3) is 0 Å². The molecule has 0 bridgehead atoms. The van der Waals surface area contributed by atoms with E-state index < -0.39 is 11.9 Å². The Morgan fingerprint density at radius 2 is 2.11 bits per heavy atom. The van der Waals surface area contributed by atoms with E-state index in [1.165, 1.54) is 6.07 Å². The molecule has 0 heterocycles. The van der Waals surface area contributed by atoms with Crippen molar-refractivity contribution in [3.63, 3.8) is 0 Å². The van der Waals surface area contributed by atoms with E-state index in [1.807, 2.05) is 20.8 Å². The van der Waals surface area contributed by atoms with Crippen LogP contribution in [0, 0.1) is 5.82 Å². The van der Waals surface area contributed by atoms with Gasteiger partial charge in [-0.1, -0.05) is 17.7 Å². The highest BCUT2D eigenvalue weighted by Crippen LogP contribution is 2.15. The van der Waals surface area contributed by atoms with E-state index in [-0.39, 0.29) is 17.2 Å². The van der Waals surface area contributed by atoms with E-state index in [4.69, 9.17) is 16.3 Å². The molecule has 0 aromatic heterocycles. The molecule has 1 rings (SSSR count). The zero-order chi connectivity index (χ0) is 14.5. The number of hydrogen-bond donors (Lipinski definition) is 2. The van der Waals surface area contributed by atoms with Crippen LogP contribution in [0.2, 0.25) is 5.02 Å². The van der Waals surface area contributed by atoms with Crippen LogP contribution in [-0.2, 0) is 11.3 Å². The largest absolute Gasteiger partial charge is 0.389 e. The molecule has 1 aromatic rings. The maximum atomic E-state index is 13.0. The minimum Gasteiger partial charge on any atom is -0.389 e. The van der Waals surface area contributed by atoms with E-state index in [1.54, 1.807) is 12.1 Å². The standard InChI is InChI=1S/C14H21ClFNO2/c1-14(2,3)19-9-11(18)8-17-7-10-4-5-13(16)12(15)6-10/h4-6,11,17-18H,7-9H2,1-3H3. The second kappa shape index (κ2) is 7.20. The molecule has 1 unspecified atom stereocenters. The van der Waals surface area contributed by atoms with Crippen molar-refractivity contribution in [2.45, 2.75) is 39.0 Å². The number of rotatable bonds is 6. The second-order valence-corrected chi connectivity index (χ2v) is 5.86. The van der Waals surface area contributed by atoms with Gasteiger partial charge < -0.3 is 15.2 Å². The molecular formula is C14H21ClFNO2. The van der Waals surface area contributed by atoms with Gasteiger partial charge in [-0.15, -0.1) is 0 Å². The molecule has 0 aliphatic rings. The lowest BCUT2D eigenvalue weighted by Crippen LogP contribution is -2.33. The highest BCUT2D eigenvalue weighted by atomic mass is 35.5. The van der Waals surface area contributed by atoms with Crippen LogP contribution in [0.5, 0.6) is 0 Å². The van der Waals surface area contributed by atoms with E-state index in [2.05, 4.69) is 5.32 Å². The normalized spacial score (nSPS) is 13.6. The number of aliphatic hydroxyl groups excluding tert-OH is 1. The second-order valence-electron chi connectivity index (χ2n) is 5.46. The Morgan fingerprint density at radius 1 is 1.42 bits per heavy atom. The summed E-state index contributed by atoms with van der Waals surface area (Å²) in [5.41, 5.74) is 0.612. The number of aliphatic hydroxyl groups is 1. The lowest BCUT2D eigenvalue weighted by molar-refractivity contribution is -0.0479. The van der Waals surface area contributed by atoms with Crippen LogP contribution in [-0.4, -0.2) is 30.0 Å². The van der Waals surface area contributed by atoms with Crippen molar-refractivity contribution >= 4 is 11.6 Å². The molecule has 0 spiro atoms. The van der Waals surface area contributed by atoms with Crippen molar-refractivity contribution in [1.29, 1.82) is 0 Å². The summed E-state index contributed by atoms with van der Waals surface area (Å²) in [4.78, 5) is 0. The Morgan fingerprint density at radius 3 is 2.68 bits per heavy atom. The van der Waals surface area contributed by atoms with E-state index in [0.29, 0.717) is 13.1 Å². The van der Waals surface area contributed by atoms with Gasteiger partial charge in [0.1, 0.15) is 5.82 Å². The molecule has 0 saturated heterocycles. The van der Waals surface area contributed by atoms with Gasteiger partial charge >= 0.3 is 0 Å². The quantitative estimate of drug-likeness (QED) is 0.846. The lowest BCUT2D eigenvalue weighted by atomic mass is 10.2. The maximum Gasteiger partial charge on any atom is 0.141 e. The minimum atomic E-state index is -0.574. The number of halogens is 2. The molecule has 19 heavy (non-hydrogen) atoms. The monoisotopic (exact) mass is 289 g/mol. The van der Waals surface area contributed by atoms with Crippen LogP contribution in [0.25, 0.3) is 0 Å². The summed E-state index contributed by atoms with van der Waals surface area (Å²) in [7, 11) is 0. The molecule has 1 aromatic carbocycles. The van der Waals surface area contributed by atoms with E-state index in [9.17, 15) is 9.50 Å². The fourth-order valence-electron chi connectivity index (χ4n) is 1.44. The van der Waals surface area contributed by atoms with Crippen LogP contribution >= 0.6 is 11.6 Å². The fourth-order valence-corrected chi connectivity index (χ4v) is 1.64. The molecular weight excluding hydrogens is 269 g/mol. The molecule has 108 valence electrons. The third-order valence-electron chi connectivity index (χ3n) is 2.40. The van der Waals surface area contributed by atoms with Gasteiger partial charge in [0, 0.05) is 13.1 Å². The Bertz CT molecular complexity index is 407. The van der Waals surface area contributed by atoms with Gasteiger partial charge in [0.05, 0.1) is 23.3 Å². The molecule has 0 saturated carbocycles. The van der Waals surface area contributed by atoms with Gasteiger partial charge in [-0.05, 0) is 38.5 Å². The molecule has 2 N–H and O–H groups in total. The zero-order valence-electron chi connectivity index (χ0n) is 11.5. The first-order valence-electron chi connectivity index (χ1n) is 6.24. The van der Waals surface area contributed by atoms with Crippen molar-refractivity contribution in [2.24, 2.45) is 0 Å². The number of hydrogen-bond acceptors (Lipinski definition) is 3. The molecule has 0 aliphatic carbocycles. The van der Waals surface area contributed by atoms with Crippen molar-refractivity contribution < 1.29 is 14.2 Å². The van der Waals surface area contributed by atoms with Gasteiger partial charge in [0.15, 0.2) is 0 Å². The Kier molecular flexibility index (Phi) is 6.20. The first kappa shape index (κ1) is 16.4. The molecule has 0 fully saturated rings. The van der Waals surface area contributed by atoms with Crippen molar-refractivity contribution in [3.8, 4) is 0 Å². The maximum absolute atomic E-state index is 13.0. The van der Waals surface area contributed by atoms with E-state index >= 15 is 0 Å². The van der Waals surface area contributed by atoms with Crippen molar-refractivity contribution in [2.75, 3.05) is 13.2 Å². The summed E-state index contributed by atoms with van der Waals surface area (Å²) in [5, 5.41) is 12.9. The summed E-state index contributed by atoms with van der Waals surface area (Å²) in [5.74, 6) is -0.427. The summed E-state index contributed by atoms with van der Waals surface area (Å²) in [6.07, 6.45) is -0.574. The predicted octanol–water partition coefficient (Wildman–Crippen LogP) is 2.74. The average molecular weight is 290 g/mol. The molecule has 1 atom stereocenters. The van der Waals surface area contributed by atoms with Gasteiger partial charge in [-0.3, -0.25) is 0 Å². The first-order chi connectivity index (χ1) is 8.78. The smallest absolute Gasteiger partial charge is 0.141 e. The van der Waals surface area contributed by atoms with Crippen LogP contribution in [0.15, 0.2) is 18.2 Å². The summed E-state index contributed by atoms with van der Waals surface area (Å²) in [6, 6.07) is 4.56. The van der Waals surface area contributed by atoms with Gasteiger partial charge in [0.2, 0.25) is 0 Å². The highest BCUT2D eigenvalue weighted by Gasteiger charge is 2.13. The summed E-state index contributed by atoms with van der Waals surface area (Å²) < 4.78 is 18.4. The topological polar surface area (TPSA) is 41.5 Å². The Hall–Kier alpha value is -0.680. The first-order valence-corrected chi connectivity index (χ1v) is 6.62. The molecule has 0 aliphatic heterocycles. The molecule has 3 nitrogen and oxygen atoms in total. The van der Waals surface area contributed by atoms with Gasteiger partial charge in [-0.2, -0.15) is 0 Å². The van der Waals surface area contributed by atoms with Crippen LogP contribution < -0.4 is 5.32 Å². The predicted molar refractivity (Wildman–Crippen MR) is 74.8 cm³/mol. The average Bonchev–Trinajstić information content (AvgIpc) is 2.30. The fraction of sp³-hybridized carbons (Fsp3) is 0.571. The Balaban J connectivity index is 2.28. The number of benzene rings is 1. The van der Waals surface area contributed by atoms with Gasteiger partial charge in [-0.25, -0.2) is 4.39 Å². The summed E-state index contributed by atoms with van der Waals surface area (Å²) >= 11 is 5.68. The highest BCUT2D eigenvalue weighted by molar-refractivity contribution is 6.30. The summed E-state index contributed by atoms with van der Waals surface area (Å²) in [6.45, 7) is 7.02. The van der Waals surface area contributed by atoms with E-state index in [0.717, 1.165) is 5.56 Å². The number of ether oxygens (including phenoxy) is 1. The molecule has 0 amide bonds. The van der Waals surface area contributed by atoms with Crippen LogP contribution in [0.3, 0.4) is 0 Å². The van der Waals surface area contributed by atoms with Crippen molar-refractivity contribution in [1.82, 2.24) is 5.32 Å².